The number of rotatable bonds is 3. The highest BCUT2D eigenvalue weighted by Gasteiger charge is 2.33. The molecule has 1 rings (SSSR count). The monoisotopic (exact) mass is 140 g/mol. The Balaban J connectivity index is 1.90. The van der Waals surface area contributed by atoms with Crippen molar-refractivity contribution >= 4 is 0 Å². The molecule has 0 spiro atoms. The molecule has 1 saturated heterocycles. The van der Waals surface area contributed by atoms with E-state index in [1.807, 2.05) is 6.92 Å². The molecular weight excluding hydrogens is 128 g/mol. The molecule has 1 aliphatic heterocycles. The van der Waals surface area contributed by atoms with Crippen molar-refractivity contribution in [1.82, 2.24) is 0 Å². The lowest BCUT2D eigenvalue weighted by Gasteiger charge is -1.92. The van der Waals surface area contributed by atoms with E-state index in [4.69, 9.17) is 9.47 Å². The quantitative estimate of drug-likeness (QED) is 0.329. The molecule has 1 fully saturated rings. The summed E-state index contributed by atoms with van der Waals surface area (Å²) in [7, 11) is 0. The molecule has 0 aliphatic carbocycles. The summed E-state index contributed by atoms with van der Waals surface area (Å²) in [4.78, 5) is 0. The van der Waals surface area contributed by atoms with Crippen LogP contribution < -0.4 is 0 Å². The van der Waals surface area contributed by atoms with Gasteiger partial charge in [-0.05, 0) is 13.8 Å². The lowest BCUT2D eigenvalue weighted by molar-refractivity contribution is 0.145. The van der Waals surface area contributed by atoms with Gasteiger partial charge in [-0.2, -0.15) is 0 Å². The Bertz CT molecular complexity index is 154. The van der Waals surface area contributed by atoms with Crippen molar-refractivity contribution in [1.29, 1.82) is 0 Å². The van der Waals surface area contributed by atoms with Gasteiger partial charge in [-0.3, -0.25) is 0 Å². The van der Waals surface area contributed by atoms with E-state index in [1.54, 1.807) is 6.92 Å². The van der Waals surface area contributed by atoms with Crippen LogP contribution in [-0.2, 0) is 9.47 Å². The SMILES string of the molecule is CC#CCOC[C@H]1O[C@@H]1C. The third-order valence-electron chi connectivity index (χ3n) is 1.47. The van der Waals surface area contributed by atoms with Gasteiger partial charge in [-0.15, -0.1) is 5.92 Å². The minimum Gasteiger partial charge on any atom is -0.367 e. The number of hydrogen-bond donors (Lipinski definition) is 0. The van der Waals surface area contributed by atoms with E-state index in [-0.39, 0.29) is 0 Å². The van der Waals surface area contributed by atoms with Crippen molar-refractivity contribution in [3.8, 4) is 11.8 Å². The largest absolute Gasteiger partial charge is 0.367 e. The second kappa shape index (κ2) is 3.60. The smallest absolute Gasteiger partial charge is 0.107 e. The Morgan fingerprint density at radius 1 is 1.60 bits per heavy atom. The third kappa shape index (κ3) is 2.38. The molecule has 2 nitrogen and oxygen atoms in total. The second-order valence-electron chi connectivity index (χ2n) is 2.32. The van der Waals surface area contributed by atoms with Crippen molar-refractivity contribution in [2.45, 2.75) is 26.1 Å². The van der Waals surface area contributed by atoms with Crippen LogP contribution in [0.15, 0.2) is 0 Å². The summed E-state index contributed by atoms with van der Waals surface area (Å²) in [5, 5.41) is 0. The first-order chi connectivity index (χ1) is 4.84. The molecule has 0 aromatic carbocycles. The molecule has 2 heteroatoms. The molecule has 1 aliphatic rings. The maximum atomic E-state index is 5.17. The average molecular weight is 140 g/mol. The van der Waals surface area contributed by atoms with Crippen LogP contribution in [0.4, 0.5) is 0 Å². The van der Waals surface area contributed by atoms with Crippen LogP contribution in [0.25, 0.3) is 0 Å². The number of hydrogen-bond acceptors (Lipinski definition) is 2. The summed E-state index contributed by atoms with van der Waals surface area (Å²) in [6.07, 6.45) is 0.730. The van der Waals surface area contributed by atoms with Gasteiger partial charge in [0.15, 0.2) is 0 Å². The first-order valence-electron chi connectivity index (χ1n) is 3.47. The zero-order chi connectivity index (χ0) is 7.40. The summed E-state index contributed by atoms with van der Waals surface area (Å²) < 4.78 is 10.3. The summed E-state index contributed by atoms with van der Waals surface area (Å²) in [6, 6.07) is 0. The summed E-state index contributed by atoms with van der Waals surface area (Å²) >= 11 is 0. The maximum Gasteiger partial charge on any atom is 0.107 e. The van der Waals surface area contributed by atoms with E-state index in [1.165, 1.54) is 0 Å². The van der Waals surface area contributed by atoms with Crippen LogP contribution in [0.1, 0.15) is 13.8 Å². The molecular formula is C8H12O2. The minimum atomic E-state index is 0.332. The van der Waals surface area contributed by atoms with Crippen LogP contribution >= 0.6 is 0 Å². The molecule has 56 valence electrons. The van der Waals surface area contributed by atoms with Crippen LogP contribution in [-0.4, -0.2) is 25.4 Å². The molecule has 0 N–H and O–H groups in total. The molecule has 1 heterocycles. The second-order valence-corrected chi connectivity index (χ2v) is 2.32. The van der Waals surface area contributed by atoms with Crippen LogP contribution in [0.3, 0.4) is 0 Å². The fourth-order valence-electron chi connectivity index (χ4n) is 0.703. The summed E-state index contributed by atoms with van der Waals surface area (Å²) in [6.45, 7) is 5.07. The highest BCUT2D eigenvalue weighted by molar-refractivity contribution is 4.95. The topological polar surface area (TPSA) is 21.8 Å². The van der Waals surface area contributed by atoms with Gasteiger partial charge in [-0.1, -0.05) is 5.92 Å². The number of epoxide rings is 1. The van der Waals surface area contributed by atoms with E-state index >= 15 is 0 Å². The predicted molar refractivity (Wildman–Crippen MR) is 38.6 cm³/mol. The fraction of sp³-hybridized carbons (Fsp3) is 0.750. The van der Waals surface area contributed by atoms with Gasteiger partial charge in [-0.25, -0.2) is 0 Å². The summed E-state index contributed by atoms with van der Waals surface area (Å²) in [5.74, 6) is 5.58. The minimum absolute atomic E-state index is 0.332. The van der Waals surface area contributed by atoms with Crippen molar-refractivity contribution in [3.63, 3.8) is 0 Å². The van der Waals surface area contributed by atoms with Gasteiger partial charge in [0.1, 0.15) is 12.7 Å². The van der Waals surface area contributed by atoms with E-state index in [0.29, 0.717) is 25.4 Å². The first kappa shape index (κ1) is 7.59. The molecule has 0 aromatic heterocycles. The van der Waals surface area contributed by atoms with Gasteiger partial charge in [0.05, 0.1) is 12.7 Å². The Kier molecular flexibility index (Phi) is 2.73. The molecule has 0 saturated carbocycles. The Hall–Kier alpha value is -0.520. The Morgan fingerprint density at radius 2 is 2.30 bits per heavy atom. The number of ether oxygens (including phenoxy) is 2. The van der Waals surface area contributed by atoms with Gasteiger partial charge in [0.25, 0.3) is 0 Å². The van der Waals surface area contributed by atoms with Crippen LogP contribution in [0, 0.1) is 11.8 Å². The zero-order valence-electron chi connectivity index (χ0n) is 6.39. The first-order valence-corrected chi connectivity index (χ1v) is 3.47. The van der Waals surface area contributed by atoms with Gasteiger partial charge < -0.3 is 9.47 Å². The molecule has 2 atom stereocenters. The molecule has 0 unspecified atom stereocenters. The van der Waals surface area contributed by atoms with Crippen LogP contribution in [0.2, 0.25) is 0 Å². The third-order valence-corrected chi connectivity index (χ3v) is 1.47. The molecule has 0 radical (unpaired) electrons. The van der Waals surface area contributed by atoms with Crippen LogP contribution in [0.5, 0.6) is 0 Å². The van der Waals surface area contributed by atoms with Gasteiger partial charge >= 0.3 is 0 Å². The maximum absolute atomic E-state index is 5.17. The highest BCUT2D eigenvalue weighted by atomic mass is 16.6. The van der Waals surface area contributed by atoms with Crippen molar-refractivity contribution in [3.05, 3.63) is 0 Å². The lowest BCUT2D eigenvalue weighted by atomic mass is 10.4. The molecule has 0 aromatic rings. The Labute approximate surface area is 61.5 Å². The average Bonchev–Trinajstić information content (AvgIpc) is 2.60. The normalized spacial score (nSPS) is 29.0. The Morgan fingerprint density at radius 3 is 2.80 bits per heavy atom. The standard InChI is InChI=1S/C8H12O2/c1-3-4-5-9-6-8-7(2)10-8/h7-8H,5-6H2,1-2H3/t7-,8-/m1/s1. The zero-order valence-corrected chi connectivity index (χ0v) is 6.39. The predicted octanol–water partition coefficient (Wildman–Crippen LogP) is 0.814. The lowest BCUT2D eigenvalue weighted by Crippen LogP contribution is -2.03. The highest BCUT2D eigenvalue weighted by Crippen LogP contribution is 2.20. The van der Waals surface area contributed by atoms with Gasteiger partial charge in [0, 0.05) is 0 Å². The molecule has 0 bridgehead atoms. The van der Waals surface area contributed by atoms with Crippen molar-refractivity contribution in [2.75, 3.05) is 13.2 Å². The van der Waals surface area contributed by atoms with E-state index in [2.05, 4.69) is 11.8 Å². The van der Waals surface area contributed by atoms with E-state index in [0.717, 1.165) is 0 Å². The fourth-order valence-corrected chi connectivity index (χ4v) is 0.703. The van der Waals surface area contributed by atoms with E-state index < -0.39 is 0 Å². The molecule has 0 amide bonds. The van der Waals surface area contributed by atoms with E-state index in [9.17, 15) is 0 Å². The van der Waals surface area contributed by atoms with Crippen molar-refractivity contribution < 1.29 is 9.47 Å². The molecule has 10 heavy (non-hydrogen) atoms. The van der Waals surface area contributed by atoms with Crippen molar-refractivity contribution in [2.24, 2.45) is 0 Å². The summed E-state index contributed by atoms with van der Waals surface area (Å²) in [5.41, 5.74) is 0. The van der Waals surface area contributed by atoms with Gasteiger partial charge in [0.2, 0.25) is 0 Å².